The van der Waals surface area contributed by atoms with Crippen LogP contribution >= 0.6 is 23.2 Å². The molecular weight excluding hydrogens is 367 g/mol. The molecule has 130 valence electrons. The first kappa shape index (κ1) is 17.6. The van der Waals surface area contributed by atoms with E-state index in [0.29, 0.717) is 16.9 Å². The zero-order valence-electron chi connectivity index (χ0n) is 13.2. The van der Waals surface area contributed by atoms with Crippen molar-refractivity contribution in [1.29, 1.82) is 0 Å². The Morgan fingerprint density at radius 1 is 1.24 bits per heavy atom. The van der Waals surface area contributed by atoms with Gasteiger partial charge in [-0.25, -0.2) is 4.79 Å². The van der Waals surface area contributed by atoms with Crippen molar-refractivity contribution >= 4 is 35.0 Å². The number of esters is 1. The van der Waals surface area contributed by atoms with Gasteiger partial charge in [-0.15, -0.1) is 0 Å². The largest absolute Gasteiger partial charge is 0.508 e. The number of phenolic OH excluding ortho intramolecular Hbond substituents is 1. The highest BCUT2D eigenvalue weighted by Crippen LogP contribution is 2.43. The van der Waals surface area contributed by atoms with Crippen LogP contribution in [0.25, 0.3) is 0 Å². The first-order valence-corrected chi connectivity index (χ1v) is 8.35. The second-order valence-electron chi connectivity index (χ2n) is 5.48. The Hall–Kier alpha value is -2.24. The lowest BCUT2D eigenvalue weighted by atomic mass is 9.99. The number of aromatic hydroxyl groups is 1. The number of carbonyl (C=O) groups excluding carboxylic acids is 2. The minimum Gasteiger partial charge on any atom is -0.508 e. The maximum atomic E-state index is 12.7. The summed E-state index contributed by atoms with van der Waals surface area (Å²) in [4.78, 5) is 24.6. The monoisotopic (exact) mass is 380 g/mol. The SMILES string of the molecule is CCOC(=O)C1Cc2cc(C(=O)c3ccc(O)cc3)c(Cl)c(Cl)c2O1. The lowest BCUT2D eigenvalue weighted by Crippen LogP contribution is -2.27. The van der Waals surface area contributed by atoms with Gasteiger partial charge in [-0.05, 0) is 37.3 Å². The van der Waals surface area contributed by atoms with Crippen LogP contribution in [0.2, 0.25) is 10.0 Å². The van der Waals surface area contributed by atoms with Crippen molar-refractivity contribution in [3.8, 4) is 11.5 Å². The Labute approximate surface area is 154 Å². The summed E-state index contributed by atoms with van der Waals surface area (Å²) >= 11 is 12.5. The maximum Gasteiger partial charge on any atom is 0.347 e. The van der Waals surface area contributed by atoms with Crippen LogP contribution in [0.4, 0.5) is 0 Å². The molecule has 1 unspecified atom stereocenters. The molecule has 5 nitrogen and oxygen atoms in total. The molecule has 0 aromatic heterocycles. The molecule has 1 aliphatic heterocycles. The lowest BCUT2D eigenvalue weighted by molar-refractivity contribution is -0.150. The van der Waals surface area contributed by atoms with Crippen molar-refractivity contribution in [3.05, 3.63) is 57.1 Å². The van der Waals surface area contributed by atoms with E-state index in [1.54, 1.807) is 13.0 Å². The predicted octanol–water partition coefficient (Wildman–Crippen LogP) is 3.80. The minimum atomic E-state index is -0.803. The summed E-state index contributed by atoms with van der Waals surface area (Å²) in [5.41, 5.74) is 1.19. The Balaban J connectivity index is 1.96. The highest BCUT2D eigenvalue weighted by molar-refractivity contribution is 6.45. The number of carbonyl (C=O) groups is 2. The third-order valence-corrected chi connectivity index (χ3v) is 4.68. The second kappa shape index (κ2) is 6.94. The summed E-state index contributed by atoms with van der Waals surface area (Å²) in [7, 11) is 0. The Kier molecular flexibility index (Phi) is 4.88. The van der Waals surface area contributed by atoms with Gasteiger partial charge in [0.05, 0.1) is 11.6 Å². The zero-order chi connectivity index (χ0) is 18.1. The average Bonchev–Trinajstić information content (AvgIpc) is 3.03. The maximum absolute atomic E-state index is 12.7. The van der Waals surface area contributed by atoms with Gasteiger partial charge in [0.1, 0.15) is 16.5 Å². The number of halogens is 2. The van der Waals surface area contributed by atoms with E-state index >= 15 is 0 Å². The zero-order valence-corrected chi connectivity index (χ0v) is 14.7. The highest BCUT2D eigenvalue weighted by atomic mass is 35.5. The predicted molar refractivity (Wildman–Crippen MR) is 92.8 cm³/mol. The van der Waals surface area contributed by atoms with Crippen LogP contribution in [-0.2, 0) is 16.0 Å². The van der Waals surface area contributed by atoms with Crippen molar-refractivity contribution in [1.82, 2.24) is 0 Å². The normalized spacial score (nSPS) is 15.4. The molecule has 0 spiro atoms. The third-order valence-electron chi connectivity index (χ3n) is 3.83. The quantitative estimate of drug-likeness (QED) is 0.644. The molecule has 0 radical (unpaired) electrons. The number of ether oxygens (including phenoxy) is 2. The molecule has 3 rings (SSSR count). The third kappa shape index (κ3) is 3.30. The van der Waals surface area contributed by atoms with E-state index in [1.165, 1.54) is 24.3 Å². The number of hydrogen-bond acceptors (Lipinski definition) is 5. The molecular formula is C18H14Cl2O5. The van der Waals surface area contributed by atoms with Gasteiger partial charge in [-0.3, -0.25) is 4.79 Å². The molecule has 1 aliphatic rings. The molecule has 25 heavy (non-hydrogen) atoms. The summed E-state index contributed by atoms with van der Waals surface area (Å²) in [6.45, 7) is 1.95. The number of hydrogen-bond donors (Lipinski definition) is 1. The lowest BCUT2D eigenvalue weighted by Gasteiger charge is -2.11. The van der Waals surface area contributed by atoms with Crippen molar-refractivity contribution in [2.45, 2.75) is 19.4 Å². The number of benzene rings is 2. The average molecular weight is 381 g/mol. The van der Waals surface area contributed by atoms with Crippen LogP contribution in [0.5, 0.6) is 11.5 Å². The fourth-order valence-electron chi connectivity index (χ4n) is 2.62. The number of ketones is 1. The summed E-state index contributed by atoms with van der Waals surface area (Å²) in [6.07, 6.45) is -0.552. The molecule has 0 bridgehead atoms. The molecule has 1 atom stereocenters. The topological polar surface area (TPSA) is 72.8 Å². The van der Waals surface area contributed by atoms with Gasteiger partial charge in [0.2, 0.25) is 0 Å². The van der Waals surface area contributed by atoms with E-state index in [2.05, 4.69) is 0 Å². The molecule has 1 N–H and O–H groups in total. The Bertz CT molecular complexity index is 846. The Morgan fingerprint density at radius 2 is 1.92 bits per heavy atom. The molecule has 2 aromatic carbocycles. The second-order valence-corrected chi connectivity index (χ2v) is 6.23. The minimum absolute atomic E-state index is 0.0558. The van der Waals surface area contributed by atoms with E-state index in [0.717, 1.165) is 0 Å². The van der Waals surface area contributed by atoms with Crippen LogP contribution < -0.4 is 4.74 Å². The molecule has 1 heterocycles. The smallest absolute Gasteiger partial charge is 0.347 e. The van der Waals surface area contributed by atoms with Crippen molar-refractivity contribution in [2.24, 2.45) is 0 Å². The van der Waals surface area contributed by atoms with E-state index in [4.69, 9.17) is 32.7 Å². The van der Waals surface area contributed by atoms with E-state index < -0.39 is 12.1 Å². The fourth-order valence-corrected chi connectivity index (χ4v) is 3.12. The van der Waals surface area contributed by atoms with Crippen molar-refractivity contribution < 1.29 is 24.2 Å². The van der Waals surface area contributed by atoms with Gasteiger partial charge in [0, 0.05) is 23.1 Å². The summed E-state index contributed by atoms with van der Waals surface area (Å²) in [5.74, 6) is -0.473. The van der Waals surface area contributed by atoms with Crippen LogP contribution in [0, 0.1) is 0 Å². The highest BCUT2D eigenvalue weighted by Gasteiger charge is 2.34. The molecule has 0 amide bonds. The Morgan fingerprint density at radius 3 is 2.56 bits per heavy atom. The first-order chi connectivity index (χ1) is 11.9. The summed E-state index contributed by atoms with van der Waals surface area (Å²) < 4.78 is 10.5. The van der Waals surface area contributed by atoms with Crippen LogP contribution in [-0.4, -0.2) is 29.6 Å². The number of fused-ring (bicyclic) bond motifs is 1. The molecule has 0 fully saturated rings. The van der Waals surface area contributed by atoms with Gasteiger partial charge in [-0.1, -0.05) is 23.2 Å². The summed E-state index contributed by atoms with van der Waals surface area (Å²) in [6, 6.07) is 7.39. The van der Waals surface area contributed by atoms with Gasteiger partial charge in [0.15, 0.2) is 11.9 Å². The fraction of sp³-hybridized carbons (Fsp3) is 0.222. The van der Waals surface area contributed by atoms with Crippen molar-refractivity contribution in [2.75, 3.05) is 6.61 Å². The van der Waals surface area contributed by atoms with E-state index in [-0.39, 0.29) is 40.2 Å². The van der Waals surface area contributed by atoms with Crippen molar-refractivity contribution in [3.63, 3.8) is 0 Å². The standard InChI is InChI=1S/C18H14Cl2O5/c1-2-24-18(23)13-8-10-7-12(14(19)15(20)17(10)25-13)16(22)9-3-5-11(21)6-4-9/h3-7,13,21H,2,8H2,1H3. The number of rotatable bonds is 4. The van der Waals surface area contributed by atoms with Gasteiger partial charge in [-0.2, -0.15) is 0 Å². The number of phenols is 1. The van der Waals surface area contributed by atoms with Crippen LogP contribution in [0.1, 0.15) is 28.4 Å². The van der Waals surface area contributed by atoms with E-state index in [9.17, 15) is 14.7 Å². The van der Waals surface area contributed by atoms with Gasteiger partial charge in [0.25, 0.3) is 0 Å². The van der Waals surface area contributed by atoms with Crippen LogP contribution in [0.3, 0.4) is 0 Å². The molecule has 0 saturated heterocycles. The van der Waals surface area contributed by atoms with Gasteiger partial charge >= 0.3 is 5.97 Å². The molecule has 0 saturated carbocycles. The summed E-state index contributed by atoms with van der Waals surface area (Å²) in [5, 5.41) is 9.49. The van der Waals surface area contributed by atoms with E-state index in [1.807, 2.05) is 0 Å². The van der Waals surface area contributed by atoms with Gasteiger partial charge < -0.3 is 14.6 Å². The molecule has 0 aliphatic carbocycles. The molecule has 2 aromatic rings. The molecule has 7 heteroatoms. The first-order valence-electron chi connectivity index (χ1n) is 7.60. The van der Waals surface area contributed by atoms with Crippen LogP contribution in [0.15, 0.2) is 30.3 Å².